The summed E-state index contributed by atoms with van der Waals surface area (Å²) in [6.45, 7) is 2.32. The van der Waals surface area contributed by atoms with Gasteiger partial charge in [-0.15, -0.1) is 11.3 Å². The predicted octanol–water partition coefficient (Wildman–Crippen LogP) is 3.37. The van der Waals surface area contributed by atoms with E-state index in [-0.39, 0.29) is 17.9 Å². The van der Waals surface area contributed by atoms with Gasteiger partial charge in [0, 0.05) is 24.6 Å². The second kappa shape index (κ2) is 7.46. The van der Waals surface area contributed by atoms with E-state index in [1.807, 2.05) is 4.90 Å². The molecule has 0 bridgehead atoms. The number of thiophene rings is 1. The lowest BCUT2D eigenvalue weighted by atomic mass is 9.94. The van der Waals surface area contributed by atoms with Gasteiger partial charge in [0.15, 0.2) is 0 Å². The lowest BCUT2D eigenvalue weighted by Gasteiger charge is -2.27. The molecule has 0 aromatic carbocycles. The second-order valence-electron chi connectivity index (χ2n) is 7.26. The monoisotopic (exact) mass is 362 g/mol. The maximum atomic E-state index is 13.2. The summed E-state index contributed by atoms with van der Waals surface area (Å²) < 4.78 is 5.50. The molecular formula is C19H26N2O3S. The average molecular weight is 362 g/mol. The van der Waals surface area contributed by atoms with Crippen molar-refractivity contribution in [2.24, 2.45) is 0 Å². The molecule has 1 aromatic heterocycles. The standard InChI is InChI=1S/C19H26N2O3S/c22-17(14-8-6-12-24-14)20-18-16(13-7-2-3-9-15(13)25-18)19(23)21-10-4-1-5-11-21/h14H,1-12H2,(H,20,22). The summed E-state index contributed by atoms with van der Waals surface area (Å²) in [5.41, 5.74) is 1.96. The first-order valence-electron chi connectivity index (χ1n) is 9.60. The van der Waals surface area contributed by atoms with Gasteiger partial charge in [-0.05, 0) is 63.4 Å². The van der Waals surface area contributed by atoms with Crippen LogP contribution in [0.1, 0.15) is 65.7 Å². The molecule has 3 aliphatic rings. The molecule has 4 rings (SSSR count). The van der Waals surface area contributed by atoms with Crippen molar-refractivity contribution in [1.82, 2.24) is 4.90 Å². The van der Waals surface area contributed by atoms with E-state index in [0.717, 1.165) is 68.6 Å². The molecule has 5 nitrogen and oxygen atoms in total. The number of fused-ring (bicyclic) bond motifs is 1. The number of nitrogens with one attached hydrogen (secondary N) is 1. The average Bonchev–Trinajstić information content (AvgIpc) is 3.29. The number of nitrogens with zero attached hydrogens (tertiary/aromatic N) is 1. The van der Waals surface area contributed by atoms with Crippen molar-refractivity contribution in [3.63, 3.8) is 0 Å². The highest BCUT2D eigenvalue weighted by atomic mass is 32.1. The van der Waals surface area contributed by atoms with E-state index in [1.165, 1.54) is 23.3 Å². The Morgan fingerprint density at radius 1 is 1.04 bits per heavy atom. The van der Waals surface area contributed by atoms with Crippen LogP contribution < -0.4 is 5.32 Å². The Morgan fingerprint density at radius 3 is 2.60 bits per heavy atom. The summed E-state index contributed by atoms with van der Waals surface area (Å²) in [7, 11) is 0. The minimum absolute atomic E-state index is 0.0937. The molecule has 0 radical (unpaired) electrons. The SMILES string of the molecule is O=C(Nc1sc2c(c1C(=O)N1CCCCC1)CCCC2)C1CCCO1. The van der Waals surface area contributed by atoms with Crippen LogP contribution in [0.25, 0.3) is 0 Å². The summed E-state index contributed by atoms with van der Waals surface area (Å²) in [4.78, 5) is 29.0. The molecule has 1 aliphatic carbocycles. The number of aryl methyl sites for hydroxylation is 1. The first-order valence-corrected chi connectivity index (χ1v) is 10.4. The lowest BCUT2D eigenvalue weighted by molar-refractivity contribution is -0.124. The van der Waals surface area contributed by atoms with E-state index in [9.17, 15) is 9.59 Å². The fourth-order valence-electron chi connectivity index (χ4n) is 4.11. The molecule has 0 saturated carbocycles. The van der Waals surface area contributed by atoms with E-state index in [4.69, 9.17) is 4.74 Å². The molecule has 3 heterocycles. The van der Waals surface area contributed by atoms with Crippen LogP contribution in [-0.2, 0) is 22.4 Å². The number of hydrogen-bond donors (Lipinski definition) is 1. The Labute approximate surface area is 152 Å². The van der Waals surface area contributed by atoms with Crippen LogP contribution in [-0.4, -0.2) is 42.5 Å². The molecule has 1 unspecified atom stereocenters. The summed E-state index contributed by atoms with van der Waals surface area (Å²) >= 11 is 1.61. The predicted molar refractivity (Wildman–Crippen MR) is 98.3 cm³/mol. The highest BCUT2D eigenvalue weighted by molar-refractivity contribution is 7.17. The topological polar surface area (TPSA) is 58.6 Å². The molecular weight excluding hydrogens is 336 g/mol. The van der Waals surface area contributed by atoms with Crippen molar-refractivity contribution < 1.29 is 14.3 Å². The number of likely N-dealkylation sites (tertiary alicyclic amines) is 1. The maximum Gasteiger partial charge on any atom is 0.257 e. The highest BCUT2D eigenvalue weighted by Gasteiger charge is 2.31. The Bertz CT molecular complexity index is 658. The van der Waals surface area contributed by atoms with Gasteiger partial charge in [0.25, 0.3) is 11.8 Å². The normalized spacial score (nSPS) is 23.4. The van der Waals surface area contributed by atoms with Gasteiger partial charge in [0.1, 0.15) is 11.1 Å². The molecule has 2 aliphatic heterocycles. The van der Waals surface area contributed by atoms with E-state index in [0.29, 0.717) is 6.61 Å². The van der Waals surface area contributed by atoms with Crippen LogP contribution >= 0.6 is 11.3 Å². The van der Waals surface area contributed by atoms with Gasteiger partial charge in [-0.1, -0.05) is 0 Å². The third kappa shape index (κ3) is 3.47. The molecule has 25 heavy (non-hydrogen) atoms. The summed E-state index contributed by atoms with van der Waals surface area (Å²) in [5.74, 6) is 0.0190. The molecule has 2 amide bonds. The zero-order valence-electron chi connectivity index (χ0n) is 14.6. The van der Waals surface area contributed by atoms with Crippen molar-refractivity contribution in [3.8, 4) is 0 Å². The smallest absolute Gasteiger partial charge is 0.257 e. The number of piperidine rings is 1. The lowest BCUT2D eigenvalue weighted by Crippen LogP contribution is -2.36. The van der Waals surface area contributed by atoms with Crippen LogP contribution in [0.5, 0.6) is 0 Å². The van der Waals surface area contributed by atoms with Crippen LogP contribution in [0.3, 0.4) is 0 Å². The summed E-state index contributed by atoms with van der Waals surface area (Å²) in [5, 5.41) is 3.79. The van der Waals surface area contributed by atoms with Gasteiger partial charge in [-0.2, -0.15) is 0 Å². The van der Waals surface area contributed by atoms with Gasteiger partial charge in [-0.3, -0.25) is 9.59 Å². The Hall–Kier alpha value is -1.40. The Balaban J connectivity index is 1.62. The second-order valence-corrected chi connectivity index (χ2v) is 8.36. The molecule has 1 atom stereocenters. The van der Waals surface area contributed by atoms with E-state index in [1.54, 1.807) is 11.3 Å². The zero-order chi connectivity index (χ0) is 17.2. The van der Waals surface area contributed by atoms with Gasteiger partial charge >= 0.3 is 0 Å². The van der Waals surface area contributed by atoms with Gasteiger partial charge in [0.05, 0.1) is 5.56 Å². The molecule has 0 spiro atoms. The van der Waals surface area contributed by atoms with Crippen molar-refractivity contribution in [3.05, 3.63) is 16.0 Å². The first-order chi connectivity index (χ1) is 12.2. The Morgan fingerprint density at radius 2 is 1.84 bits per heavy atom. The quantitative estimate of drug-likeness (QED) is 0.897. The molecule has 136 valence electrons. The summed E-state index contributed by atoms with van der Waals surface area (Å²) in [6, 6.07) is 0. The van der Waals surface area contributed by atoms with E-state index in [2.05, 4.69) is 5.32 Å². The van der Waals surface area contributed by atoms with Gasteiger partial charge < -0.3 is 15.0 Å². The highest BCUT2D eigenvalue weighted by Crippen LogP contribution is 2.39. The van der Waals surface area contributed by atoms with Crippen LogP contribution in [0.15, 0.2) is 0 Å². The fourth-order valence-corrected chi connectivity index (χ4v) is 5.40. The number of amides is 2. The first kappa shape index (κ1) is 17.0. The minimum Gasteiger partial charge on any atom is -0.368 e. The number of rotatable bonds is 3. The van der Waals surface area contributed by atoms with E-state index < -0.39 is 0 Å². The van der Waals surface area contributed by atoms with Crippen molar-refractivity contribution >= 4 is 28.2 Å². The fraction of sp³-hybridized carbons (Fsp3) is 0.684. The number of carbonyl (C=O) groups is 2. The molecule has 2 fully saturated rings. The number of anilines is 1. The van der Waals surface area contributed by atoms with Crippen LogP contribution in [0.2, 0.25) is 0 Å². The third-order valence-corrected chi connectivity index (χ3v) is 6.69. The van der Waals surface area contributed by atoms with Crippen LogP contribution in [0.4, 0.5) is 5.00 Å². The van der Waals surface area contributed by atoms with Crippen LogP contribution in [0, 0.1) is 0 Å². The number of carbonyl (C=O) groups excluding carboxylic acids is 2. The van der Waals surface area contributed by atoms with Crippen molar-refractivity contribution in [2.45, 2.75) is 63.9 Å². The summed E-state index contributed by atoms with van der Waals surface area (Å²) in [6.07, 6.45) is 8.97. The van der Waals surface area contributed by atoms with Gasteiger partial charge in [0.2, 0.25) is 0 Å². The van der Waals surface area contributed by atoms with Gasteiger partial charge in [-0.25, -0.2) is 0 Å². The number of ether oxygens (including phenoxy) is 1. The van der Waals surface area contributed by atoms with E-state index >= 15 is 0 Å². The third-order valence-electron chi connectivity index (χ3n) is 5.49. The Kier molecular flexibility index (Phi) is 5.08. The molecule has 1 N–H and O–H groups in total. The molecule has 6 heteroatoms. The largest absolute Gasteiger partial charge is 0.368 e. The molecule has 2 saturated heterocycles. The molecule has 1 aromatic rings. The number of hydrogen-bond acceptors (Lipinski definition) is 4. The minimum atomic E-state index is -0.364. The van der Waals surface area contributed by atoms with Crippen molar-refractivity contribution in [1.29, 1.82) is 0 Å². The van der Waals surface area contributed by atoms with Crippen molar-refractivity contribution in [2.75, 3.05) is 25.0 Å². The maximum absolute atomic E-state index is 13.2. The zero-order valence-corrected chi connectivity index (χ0v) is 15.5.